The maximum Gasteiger partial charge on any atom is 0.295 e. The van der Waals surface area contributed by atoms with Crippen LogP contribution in [0.4, 0.5) is 5.69 Å². The largest absolute Gasteiger partial charge is 0.343 e. The number of hydrogen-bond acceptors (Lipinski definition) is 3. The molecule has 0 bridgehead atoms. The van der Waals surface area contributed by atoms with Gasteiger partial charge in [0.15, 0.2) is 0 Å². The minimum absolute atomic E-state index is 0.0146. The standard InChI is InChI=1S/C18H22N4O3/c1-5-14(23)19-11-15(24)20-16-17(12(2)3)21(4)22(18(16)25)13-9-7-6-8-10-13/h5-10,12H,1,11H2,2-4H3,(H,19,23)(H,20,24). The van der Waals surface area contributed by atoms with E-state index in [4.69, 9.17) is 0 Å². The quantitative estimate of drug-likeness (QED) is 0.781. The minimum Gasteiger partial charge on any atom is -0.343 e. The Balaban J connectivity index is 2.41. The van der Waals surface area contributed by atoms with Crippen molar-refractivity contribution in [1.82, 2.24) is 14.7 Å². The van der Waals surface area contributed by atoms with Gasteiger partial charge in [-0.25, -0.2) is 4.68 Å². The Morgan fingerprint density at radius 2 is 1.88 bits per heavy atom. The van der Waals surface area contributed by atoms with Gasteiger partial charge in [0.05, 0.1) is 17.9 Å². The number of hydrogen-bond donors (Lipinski definition) is 2. The molecule has 0 aliphatic heterocycles. The third kappa shape index (κ3) is 3.88. The molecule has 1 aromatic heterocycles. The van der Waals surface area contributed by atoms with Crippen LogP contribution in [0, 0.1) is 0 Å². The molecule has 0 saturated carbocycles. The summed E-state index contributed by atoms with van der Waals surface area (Å²) in [5.74, 6) is -0.908. The summed E-state index contributed by atoms with van der Waals surface area (Å²) in [4.78, 5) is 36.1. The van der Waals surface area contributed by atoms with Gasteiger partial charge in [0.1, 0.15) is 5.69 Å². The second-order valence-electron chi connectivity index (χ2n) is 5.86. The summed E-state index contributed by atoms with van der Waals surface area (Å²) in [6.45, 7) is 6.98. The van der Waals surface area contributed by atoms with Crippen LogP contribution in [0.25, 0.3) is 5.69 Å². The molecule has 7 heteroatoms. The lowest BCUT2D eigenvalue weighted by Gasteiger charge is -2.12. The predicted molar refractivity (Wildman–Crippen MR) is 96.9 cm³/mol. The highest BCUT2D eigenvalue weighted by Crippen LogP contribution is 2.23. The highest BCUT2D eigenvalue weighted by Gasteiger charge is 2.22. The Hall–Kier alpha value is -3.09. The van der Waals surface area contributed by atoms with Gasteiger partial charge in [-0.1, -0.05) is 38.6 Å². The van der Waals surface area contributed by atoms with Crippen molar-refractivity contribution in [3.8, 4) is 5.69 Å². The van der Waals surface area contributed by atoms with Crippen LogP contribution < -0.4 is 16.2 Å². The Bertz CT molecular complexity index is 847. The number of aromatic nitrogens is 2. The number of anilines is 1. The molecule has 2 amide bonds. The van der Waals surface area contributed by atoms with Crippen LogP contribution in [0.15, 0.2) is 47.8 Å². The molecule has 0 fully saturated rings. The normalized spacial score (nSPS) is 10.6. The summed E-state index contributed by atoms with van der Waals surface area (Å²) < 4.78 is 3.24. The van der Waals surface area contributed by atoms with Crippen molar-refractivity contribution in [2.24, 2.45) is 7.05 Å². The van der Waals surface area contributed by atoms with Crippen LogP contribution >= 0.6 is 0 Å². The number of nitrogens with zero attached hydrogens (tertiary/aromatic N) is 2. The molecule has 0 spiro atoms. The SMILES string of the molecule is C=CC(=O)NCC(=O)Nc1c(C(C)C)n(C)n(-c2ccccc2)c1=O. The molecule has 1 heterocycles. The summed E-state index contributed by atoms with van der Waals surface area (Å²) in [6, 6.07) is 9.19. The molecule has 0 aliphatic rings. The number of benzene rings is 1. The van der Waals surface area contributed by atoms with Crippen molar-refractivity contribution in [2.45, 2.75) is 19.8 Å². The molecular weight excluding hydrogens is 320 g/mol. The van der Waals surface area contributed by atoms with Crippen molar-refractivity contribution >= 4 is 17.5 Å². The van der Waals surface area contributed by atoms with Crippen LogP contribution in [0.3, 0.4) is 0 Å². The molecular formula is C18H22N4O3. The maximum absolute atomic E-state index is 12.9. The van der Waals surface area contributed by atoms with Crippen LogP contribution in [0.1, 0.15) is 25.5 Å². The van der Waals surface area contributed by atoms with E-state index in [1.165, 1.54) is 4.68 Å². The van der Waals surface area contributed by atoms with E-state index < -0.39 is 11.8 Å². The first-order valence-corrected chi connectivity index (χ1v) is 7.94. The number of carbonyl (C=O) groups is 2. The fraction of sp³-hybridized carbons (Fsp3) is 0.278. The summed E-state index contributed by atoms with van der Waals surface area (Å²) in [7, 11) is 1.78. The van der Waals surface area contributed by atoms with Crippen LogP contribution in [0.2, 0.25) is 0 Å². The predicted octanol–water partition coefficient (Wildman–Crippen LogP) is 1.54. The molecule has 7 nitrogen and oxygen atoms in total. The third-order valence-corrected chi connectivity index (χ3v) is 3.73. The van der Waals surface area contributed by atoms with E-state index >= 15 is 0 Å². The average Bonchev–Trinajstić information content (AvgIpc) is 2.83. The first-order valence-electron chi connectivity index (χ1n) is 7.94. The van der Waals surface area contributed by atoms with E-state index in [9.17, 15) is 14.4 Å². The number of para-hydroxylation sites is 1. The van der Waals surface area contributed by atoms with Gasteiger partial charge in [-0.3, -0.25) is 19.1 Å². The fourth-order valence-corrected chi connectivity index (χ4v) is 2.68. The summed E-state index contributed by atoms with van der Waals surface area (Å²) in [5.41, 5.74) is 1.31. The van der Waals surface area contributed by atoms with Crippen molar-refractivity contribution in [2.75, 3.05) is 11.9 Å². The Morgan fingerprint density at radius 3 is 2.44 bits per heavy atom. The molecule has 1 aromatic carbocycles. The van der Waals surface area contributed by atoms with Crippen molar-refractivity contribution in [3.05, 3.63) is 59.0 Å². The average molecular weight is 342 g/mol. The first-order chi connectivity index (χ1) is 11.9. The van der Waals surface area contributed by atoms with E-state index in [2.05, 4.69) is 17.2 Å². The van der Waals surface area contributed by atoms with Crippen molar-refractivity contribution in [3.63, 3.8) is 0 Å². The lowest BCUT2D eigenvalue weighted by Crippen LogP contribution is -2.33. The smallest absolute Gasteiger partial charge is 0.295 e. The fourth-order valence-electron chi connectivity index (χ4n) is 2.68. The third-order valence-electron chi connectivity index (χ3n) is 3.73. The second-order valence-corrected chi connectivity index (χ2v) is 5.86. The molecule has 0 saturated heterocycles. The van der Waals surface area contributed by atoms with Gasteiger partial charge in [0, 0.05) is 7.05 Å². The van der Waals surface area contributed by atoms with Gasteiger partial charge in [-0.15, -0.1) is 0 Å². The molecule has 0 unspecified atom stereocenters. The van der Waals surface area contributed by atoms with Crippen LogP contribution in [0.5, 0.6) is 0 Å². The van der Waals surface area contributed by atoms with E-state index in [0.717, 1.165) is 6.08 Å². The van der Waals surface area contributed by atoms with Gasteiger partial charge in [-0.05, 0) is 24.1 Å². The lowest BCUT2D eigenvalue weighted by atomic mass is 10.1. The molecule has 2 aromatic rings. The van der Waals surface area contributed by atoms with Crippen LogP contribution in [-0.4, -0.2) is 27.7 Å². The Kier molecular flexibility index (Phi) is 5.59. The number of rotatable bonds is 6. The molecule has 25 heavy (non-hydrogen) atoms. The first kappa shape index (κ1) is 18.3. The lowest BCUT2D eigenvalue weighted by molar-refractivity contribution is -0.121. The van der Waals surface area contributed by atoms with Crippen molar-refractivity contribution in [1.29, 1.82) is 0 Å². The molecule has 132 valence electrons. The van der Waals surface area contributed by atoms with E-state index in [1.54, 1.807) is 11.7 Å². The van der Waals surface area contributed by atoms with Gasteiger partial charge in [-0.2, -0.15) is 0 Å². The van der Waals surface area contributed by atoms with Crippen LogP contribution in [-0.2, 0) is 16.6 Å². The topological polar surface area (TPSA) is 85.1 Å². The monoisotopic (exact) mass is 342 g/mol. The molecule has 0 radical (unpaired) electrons. The maximum atomic E-state index is 12.9. The minimum atomic E-state index is -0.472. The molecule has 2 rings (SSSR count). The molecule has 0 aliphatic carbocycles. The van der Waals surface area contributed by atoms with Gasteiger partial charge < -0.3 is 10.6 Å². The van der Waals surface area contributed by atoms with Gasteiger partial charge >= 0.3 is 0 Å². The number of carbonyl (C=O) groups excluding carboxylic acids is 2. The van der Waals surface area contributed by atoms with E-state index in [-0.39, 0.29) is 23.7 Å². The number of nitrogens with one attached hydrogen (secondary N) is 2. The van der Waals surface area contributed by atoms with E-state index in [1.807, 2.05) is 44.2 Å². The van der Waals surface area contributed by atoms with Crippen molar-refractivity contribution < 1.29 is 9.59 Å². The van der Waals surface area contributed by atoms with Gasteiger partial charge in [0.2, 0.25) is 11.8 Å². The summed E-state index contributed by atoms with van der Waals surface area (Å²) in [6.07, 6.45) is 1.08. The summed E-state index contributed by atoms with van der Waals surface area (Å²) >= 11 is 0. The van der Waals surface area contributed by atoms with Gasteiger partial charge in [0.25, 0.3) is 5.56 Å². The zero-order valence-electron chi connectivity index (χ0n) is 14.6. The molecule has 0 atom stereocenters. The zero-order chi connectivity index (χ0) is 18.6. The molecule has 2 N–H and O–H groups in total. The Morgan fingerprint density at radius 1 is 1.24 bits per heavy atom. The zero-order valence-corrected chi connectivity index (χ0v) is 14.6. The highest BCUT2D eigenvalue weighted by molar-refractivity contribution is 5.96. The number of amides is 2. The van der Waals surface area contributed by atoms with E-state index in [0.29, 0.717) is 11.4 Å². The summed E-state index contributed by atoms with van der Waals surface area (Å²) in [5, 5.41) is 5.02. The second kappa shape index (κ2) is 7.65. The highest BCUT2D eigenvalue weighted by atomic mass is 16.2. The Labute approximate surface area is 145 Å².